The average Bonchev–Trinajstić information content (AvgIpc) is 2.28. The van der Waals surface area contributed by atoms with Gasteiger partial charge in [-0.05, 0) is 25.3 Å². The molecule has 0 heterocycles. The Kier molecular flexibility index (Phi) is 5.50. The van der Waals surface area contributed by atoms with Gasteiger partial charge in [-0.25, -0.2) is 4.79 Å². The third kappa shape index (κ3) is 3.65. The predicted molar refractivity (Wildman–Crippen MR) is 73.7 cm³/mol. The molecule has 1 rings (SSSR count). The minimum absolute atomic E-state index is 0.0135. The molecular formula is C12H14ClNO3S. The second kappa shape index (κ2) is 6.66. The van der Waals surface area contributed by atoms with Gasteiger partial charge < -0.3 is 10.4 Å². The van der Waals surface area contributed by atoms with E-state index < -0.39 is 11.9 Å². The zero-order chi connectivity index (χ0) is 13.7. The number of nitrogens with one attached hydrogen (secondary N) is 1. The second-order valence-corrected chi connectivity index (χ2v) is 5.12. The van der Waals surface area contributed by atoms with Crippen LogP contribution >= 0.6 is 23.4 Å². The SMILES string of the molecule is CSC[C@H](C)NC(=O)c1c(Cl)cccc1C(=O)O. The molecule has 0 bridgehead atoms. The molecule has 98 valence electrons. The van der Waals surface area contributed by atoms with Crippen LogP contribution in [0.3, 0.4) is 0 Å². The monoisotopic (exact) mass is 287 g/mol. The lowest BCUT2D eigenvalue weighted by Gasteiger charge is -2.14. The molecule has 0 saturated carbocycles. The Morgan fingerprint density at radius 1 is 1.50 bits per heavy atom. The number of rotatable bonds is 5. The van der Waals surface area contributed by atoms with Crippen molar-refractivity contribution in [1.29, 1.82) is 0 Å². The van der Waals surface area contributed by atoms with Crippen LogP contribution < -0.4 is 5.32 Å². The fourth-order valence-corrected chi connectivity index (χ4v) is 2.36. The molecular weight excluding hydrogens is 274 g/mol. The van der Waals surface area contributed by atoms with Gasteiger partial charge in [0.15, 0.2) is 0 Å². The van der Waals surface area contributed by atoms with Crippen LogP contribution in [-0.2, 0) is 0 Å². The highest BCUT2D eigenvalue weighted by Gasteiger charge is 2.20. The quantitative estimate of drug-likeness (QED) is 0.873. The summed E-state index contributed by atoms with van der Waals surface area (Å²) in [4.78, 5) is 23.1. The van der Waals surface area contributed by atoms with E-state index in [9.17, 15) is 9.59 Å². The number of aromatic carboxylic acids is 1. The van der Waals surface area contributed by atoms with E-state index >= 15 is 0 Å². The molecule has 2 N–H and O–H groups in total. The molecule has 1 aromatic rings. The molecule has 18 heavy (non-hydrogen) atoms. The molecule has 1 aromatic carbocycles. The summed E-state index contributed by atoms with van der Waals surface area (Å²) < 4.78 is 0. The standard InChI is InChI=1S/C12H14ClNO3S/c1-7(6-18-2)14-11(15)10-8(12(16)17)4-3-5-9(10)13/h3-5,7H,6H2,1-2H3,(H,14,15)(H,16,17)/t7-/m0/s1. The summed E-state index contributed by atoms with van der Waals surface area (Å²) in [6.07, 6.45) is 1.93. The Labute approximate surface area is 115 Å². The van der Waals surface area contributed by atoms with Gasteiger partial charge in [-0.2, -0.15) is 11.8 Å². The largest absolute Gasteiger partial charge is 0.478 e. The highest BCUT2D eigenvalue weighted by molar-refractivity contribution is 7.98. The number of thioether (sulfide) groups is 1. The van der Waals surface area contributed by atoms with Crippen LogP contribution in [0, 0.1) is 0 Å². The number of carbonyl (C=O) groups is 2. The molecule has 0 spiro atoms. The number of amides is 1. The summed E-state index contributed by atoms with van der Waals surface area (Å²) in [6.45, 7) is 1.85. The van der Waals surface area contributed by atoms with Crippen molar-refractivity contribution < 1.29 is 14.7 Å². The van der Waals surface area contributed by atoms with Crippen LogP contribution in [0.5, 0.6) is 0 Å². The number of carboxylic acid groups (broad SMARTS) is 1. The number of hydrogen-bond acceptors (Lipinski definition) is 3. The first kappa shape index (κ1) is 14.9. The van der Waals surface area contributed by atoms with E-state index in [4.69, 9.17) is 16.7 Å². The van der Waals surface area contributed by atoms with Gasteiger partial charge in [0.05, 0.1) is 16.1 Å². The molecule has 0 aromatic heterocycles. The first-order valence-electron chi connectivity index (χ1n) is 5.29. The fraction of sp³-hybridized carbons (Fsp3) is 0.333. The first-order valence-corrected chi connectivity index (χ1v) is 7.06. The van der Waals surface area contributed by atoms with Gasteiger partial charge in [0.25, 0.3) is 5.91 Å². The number of hydrogen-bond donors (Lipinski definition) is 2. The summed E-state index contributed by atoms with van der Waals surface area (Å²) in [7, 11) is 0. The Hall–Kier alpha value is -1.20. The highest BCUT2D eigenvalue weighted by atomic mass is 35.5. The maximum absolute atomic E-state index is 12.0. The Bertz CT molecular complexity index is 465. The smallest absolute Gasteiger partial charge is 0.336 e. The lowest BCUT2D eigenvalue weighted by Crippen LogP contribution is -2.35. The molecule has 0 radical (unpaired) electrons. The van der Waals surface area contributed by atoms with Crippen LogP contribution in [-0.4, -0.2) is 35.0 Å². The van der Waals surface area contributed by atoms with Crippen LogP contribution in [0.2, 0.25) is 5.02 Å². The zero-order valence-corrected chi connectivity index (χ0v) is 11.6. The van der Waals surface area contributed by atoms with Crippen molar-refractivity contribution >= 4 is 35.2 Å². The van der Waals surface area contributed by atoms with Crippen molar-refractivity contribution in [3.05, 3.63) is 34.3 Å². The van der Waals surface area contributed by atoms with E-state index in [1.807, 2.05) is 13.2 Å². The normalized spacial score (nSPS) is 11.9. The number of benzene rings is 1. The van der Waals surface area contributed by atoms with Crippen molar-refractivity contribution in [3.8, 4) is 0 Å². The van der Waals surface area contributed by atoms with Crippen LogP contribution in [0.4, 0.5) is 0 Å². The lowest BCUT2D eigenvalue weighted by molar-refractivity contribution is 0.0690. The number of carbonyl (C=O) groups excluding carboxylic acids is 1. The van der Waals surface area contributed by atoms with Crippen molar-refractivity contribution in [2.45, 2.75) is 13.0 Å². The van der Waals surface area contributed by atoms with Crippen molar-refractivity contribution in [3.63, 3.8) is 0 Å². The summed E-state index contributed by atoms with van der Waals surface area (Å²) in [5.74, 6) is -0.877. The second-order valence-electron chi connectivity index (χ2n) is 3.80. The van der Waals surface area contributed by atoms with E-state index in [1.165, 1.54) is 18.2 Å². The van der Waals surface area contributed by atoms with Gasteiger partial charge in [0.2, 0.25) is 0 Å². The van der Waals surface area contributed by atoms with Gasteiger partial charge in [-0.3, -0.25) is 4.79 Å². The Morgan fingerprint density at radius 2 is 2.17 bits per heavy atom. The molecule has 0 fully saturated rings. The molecule has 4 nitrogen and oxygen atoms in total. The van der Waals surface area contributed by atoms with Crippen molar-refractivity contribution in [2.75, 3.05) is 12.0 Å². The van der Waals surface area contributed by atoms with E-state index in [0.29, 0.717) is 0 Å². The number of carboxylic acids is 1. The zero-order valence-electron chi connectivity index (χ0n) is 10.1. The topological polar surface area (TPSA) is 66.4 Å². The Balaban J connectivity index is 3.01. The van der Waals surface area contributed by atoms with Gasteiger partial charge in [0.1, 0.15) is 0 Å². The van der Waals surface area contributed by atoms with Gasteiger partial charge in [0, 0.05) is 11.8 Å². The molecule has 0 saturated heterocycles. The highest BCUT2D eigenvalue weighted by Crippen LogP contribution is 2.20. The van der Waals surface area contributed by atoms with E-state index in [1.54, 1.807) is 11.8 Å². The summed E-state index contributed by atoms with van der Waals surface area (Å²) in [5.41, 5.74) is -0.0732. The summed E-state index contributed by atoms with van der Waals surface area (Å²) >= 11 is 7.50. The average molecular weight is 288 g/mol. The molecule has 0 aliphatic heterocycles. The van der Waals surface area contributed by atoms with E-state index in [0.717, 1.165) is 5.75 Å². The molecule has 0 unspecified atom stereocenters. The van der Waals surface area contributed by atoms with E-state index in [-0.39, 0.29) is 22.2 Å². The maximum atomic E-state index is 12.0. The van der Waals surface area contributed by atoms with Gasteiger partial charge in [-0.15, -0.1) is 0 Å². The predicted octanol–water partition coefficient (Wildman–Crippen LogP) is 2.52. The molecule has 0 aliphatic rings. The molecule has 6 heteroatoms. The fourth-order valence-electron chi connectivity index (χ4n) is 1.52. The van der Waals surface area contributed by atoms with E-state index in [2.05, 4.69) is 5.32 Å². The first-order chi connectivity index (χ1) is 8.47. The van der Waals surface area contributed by atoms with Crippen LogP contribution in [0.25, 0.3) is 0 Å². The molecule has 1 amide bonds. The molecule has 1 atom stereocenters. The summed E-state index contributed by atoms with van der Waals surface area (Å²) in [6, 6.07) is 4.32. The third-order valence-corrected chi connectivity index (χ3v) is 3.41. The lowest BCUT2D eigenvalue weighted by atomic mass is 10.1. The molecule has 0 aliphatic carbocycles. The Morgan fingerprint density at radius 3 is 2.72 bits per heavy atom. The third-order valence-electron chi connectivity index (χ3n) is 2.27. The van der Waals surface area contributed by atoms with Crippen LogP contribution in [0.1, 0.15) is 27.6 Å². The summed E-state index contributed by atoms with van der Waals surface area (Å²) in [5, 5.41) is 11.9. The van der Waals surface area contributed by atoms with Gasteiger partial charge >= 0.3 is 5.97 Å². The van der Waals surface area contributed by atoms with Gasteiger partial charge in [-0.1, -0.05) is 17.7 Å². The van der Waals surface area contributed by atoms with Crippen molar-refractivity contribution in [1.82, 2.24) is 5.32 Å². The minimum Gasteiger partial charge on any atom is -0.478 e. The van der Waals surface area contributed by atoms with Crippen molar-refractivity contribution in [2.24, 2.45) is 0 Å². The van der Waals surface area contributed by atoms with Crippen LogP contribution in [0.15, 0.2) is 18.2 Å². The maximum Gasteiger partial charge on any atom is 0.336 e. The number of halogens is 1. The minimum atomic E-state index is -1.17.